The third-order valence-corrected chi connectivity index (χ3v) is 6.32. The van der Waals surface area contributed by atoms with Crippen LogP contribution in [0, 0.1) is 0 Å². The van der Waals surface area contributed by atoms with E-state index in [2.05, 4.69) is 4.72 Å². The average Bonchev–Trinajstić information content (AvgIpc) is 3.34. The Labute approximate surface area is 148 Å². The van der Waals surface area contributed by atoms with Crippen LogP contribution in [0.4, 0.5) is 18.9 Å². The minimum absolute atomic E-state index is 0.117. The third-order valence-electron chi connectivity index (χ3n) is 4.62. The fourth-order valence-corrected chi connectivity index (χ4v) is 4.40. The van der Waals surface area contributed by atoms with Gasteiger partial charge in [-0.15, -0.1) is 0 Å². The van der Waals surface area contributed by atoms with Crippen LogP contribution in [-0.4, -0.2) is 55.5 Å². The number of halogens is 3. The van der Waals surface area contributed by atoms with Gasteiger partial charge in [-0.25, -0.2) is 0 Å². The molecule has 11 heteroatoms. The molecule has 3 rings (SSSR count). The first-order valence-electron chi connectivity index (χ1n) is 7.98. The van der Waals surface area contributed by atoms with Crippen LogP contribution in [0.1, 0.15) is 18.4 Å². The van der Waals surface area contributed by atoms with Gasteiger partial charge in [0.15, 0.2) is 0 Å². The Bertz CT molecular complexity index is 783. The van der Waals surface area contributed by atoms with E-state index < -0.39 is 33.5 Å². The quantitative estimate of drug-likeness (QED) is 0.787. The number of anilines is 1. The zero-order valence-electron chi connectivity index (χ0n) is 13.7. The third kappa shape index (κ3) is 3.79. The Morgan fingerprint density at radius 2 is 1.62 bits per heavy atom. The molecule has 1 aromatic rings. The Kier molecular flexibility index (Phi) is 4.65. The van der Waals surface area contributed by atoms with E-state index in [1.807, 2.05) is 0 Å². The highest BCUT2D eigenvalue weighted by atomic mass is 32.2. The van der Waals surface area contributed by atoms with E-state index >= 15 is 0 Å². The zero-order valence-corrected chi connectivity index (χ0v) is 14.5. The molecular weight excluding hydrogens is 375 g/mol. The second-order valence-corrected chi connectivity index (χ2v) is 8.10. The van der Waals surface area contributed by atoms with E-state index in [0.29, 0.717) is 18.8 Å². The number of aliphatic carboxylic acids is 1. The molecule has 2 N–H and O–H groups in total. The summed E-state index contributed by atoms with van der Waals surface area (Å²) in [5.41, 5.74) is -1.56. The van der Waals surface area contributed by atoms with Crippen molar-refractivity contribution in [2.75, 3.05) is 31.1 Å². The monoisotopic (exact) mass is 393 g/mol. The van der Waals surface area contributed by atoms with Crippen LogP contribution in [0.25, 0.3) is 0 Å². The molecule has 144 valence electrons. The zero-order chi connectivity index (χ0) is 19.2. The summed E-state index contributed by atoms with van der Waals surface area (Å²) >= 11 is 0. The number of carboxylic acid groups (broad SMARTS) is 1. The molecule has 1 aliphatic carbocycles. The molecule has 0 amide bonds. The van der Waals surface area contributed by atoms with Crippen LogP contribution >= 0.6 is 0 Å². The first kappa shape index (κ1) is 18.9. The number of hydrogen-bond acceptors (Lipinski definition) is 4. The molecule has 1 saturated carbocycles. The normalized spacial score (nSPS) is 20.8. The minimum Gasteiger partial charge on any atom is -0.480 e. The second-order valence-electron chi connectivity index (χ2n) is 6.43. The summed E-state index contributed by atoms with van der Waals surface area (Å²) in [5, 5.41) is 9.10. The summed E-state index contributed by atoms with van der Waals surface area (Å²) in [7, 11) is -3.93. The smallest absolute Gasteiger partial charge is 0.416 e. The molecule has 1 saturated heterocycles. The number of piperazine rings is 1. The van der Waals surface area contributed by atoms with Gasteiger partial charge in [0.05, 0.1) is 5.56 Å². The largest absolute Gasteiger partial charge is 0.480 e. The van der Waals surface area contributed by atoms with Crippen molar-refractivity contribution in [3.8, 4) is 0 Å². The summed E-state index contributed by atoms with van der Waals surface area (Å²) in [4.78, 5) is 12.9. The topological polar surface area (TPSA) is 89.9 Å². The highest BCUT2D eigenvalue weighted by molar-refractivity contribution is 7.87. The number of hydrogen-bond donors (Lipinski definition) is 2. The van der Waals surface area contributed by atoms with E-state index in [1.54, 1.807) is 4.90 Å². The van der Waals surface area contributed by atoms with Gasteiger partial charge in [0.1, 0.15) is 5.54 Å². The summed E-state index contributed by atoms with van der Waals surface area (Å²) < 4.78 is 65.9. The van der Waals surface area contributed by atoms with Crippen LogP contribution in [0.5, 0.6) is 0 Å². The molecule has 7 nitrogen and oxygen atoms in total. The van der Waals surface area contributed by atoms with Crippen molar-refractivity contribution in [2.45, 2.75) is 24.6 Å². The molecule has 1 heterocycles. The van der Waals surface area contributed by atoms with Gasteiger partial charge in [-0.2, -0.15) is 30.6 Å². The lowest BCUT2D eigenvalue weighted by Gasteiger charge is -2.35. The van der Waals surface area contributed by atoms with Crippen molar-refractivity contribution in [1.29, 1.82) is 0 Å². The van der Waals surface area contributed by atoms with Crippen LogP contribution in [0.2, 0.25) is 0 Å². The number of nitrogens with one attached hydrogen (secondary N) is 1. The van der Waals surface area contributed by atoms with Crippen molar-refractivity contribution in [3.05, 3.63) is 29.8 Å². The maximum atomic E-state index is 12.6. The fourth-order valence-electron chi connectivity index (χ4n) is 2.84. The van der Waals surface area contributed by atoms with Crippen molar-refractivity contribution in [3.63, 3.8) is 0 Å². The summed E-state index contributed by atoms with van der Waals surface area (Å²) in [6.45, 7) is 0.830. The molecule has 0 bridgehead atoms. The van der Waals surface area contributed by atoms with E-state index in [9.17, 15) is 26.4 Å². The van der Waals surface area contributed by atoms with Crippen molar-refractivity contribution < 1.29 is 31.5 Å². The van der Waals surface area contributed by atoms with Crippen molar-refractivity contribution in [2.24, 2.45) is 0 Å². The molecule has 0 atom stereocenters. The van der Waals surface area contributed by atoms with E-state index in [4.69, 9.17) is 5.11 Å². The lowest BCUT2D eigenvalue weighted by atomic mass is 10.2. The van der Waals surface area contributed by atoms with Crippen LogP contribution in [0.3, 0.4) is 0 Å². The number of carbonyl (C=O) groups is 1. The Hall–Kier alpha value is -1.85. The highest BCUT2D eigenvalue weighted by Gasteiger charge is 2.54. The van der Waals surface area contributed by atoms with Gasteiger partial charge in [0.25, 0.3) is 10.2 Å². The van der Waals surface area contributed by atoms with Gasteiger partial charge in [0, 0.05) is 31.9 Å². The van der Waals surface area contributed by atoms with E-state index in [1.165, 1.54) is 12.1 Å². The van der Waals surface area contributed by atoms with Gasteiger partial charge < -0.3 is 10.0 Å². The number of alkyl halides is 3. The molecule has 2 fully saturated rings. The van der Waals surface area contributed by atoms with Gasteiger partial charge in [0.2, 0.25) is 0 Å². The SMILES string of the molecule is O=C(O)C1(NS(=O)(=O)N2CCN(c3ccc(C(F)(F)F)cc3)CC2)CC1. The first-order chi connectivity index (χ1) is 12.0. The fraction of sp³-hybridized carbons (Fsp3) is 0.533. The molecule has 0 unspecified atom stereocenters. The first-order valence-corrected chi connectivity index (χ1v) is 9.42. The Balaban J connectivity index is 1.61. The molecule has 0 aromatic heterocycles. The summed E-state index contributed by atoms with van der Waals surface area (Å²) in [6, 6.07) is 4.69. The average molecular weight is 393 g/mol. The lowest BCUT2D eigenvalue weighted by Crippen LogP contribution is -2.55. The molecule has 2 aliphatic rings. The number of carboxylic acids is 1. The van der Waals surface area contributed by atoms with Crippen molar-refractivity contribution in [1.82, 2.24) is 9.03 Å². The maximum Gasteiger partial charge on any atom is 0.416 e. The van der Waals surface area contributed by atoms with E-state index in [-0.39, 0.29) is 25.9 Å². The lowest BCUT2D eigenvalue weighted by molar-refractivity contribution is -0.140. The number of rotatable bonds is 5. The summed E-state index contributed by atoms with van der Waals surface area (Å²) in [6.07, 6.45) is -3.89. The molecule has 26 heavy (non-hydrogen) atoms. The Morgan fingerprint density at radius 1 is 1.08 bits per heavy atom. The van der Waals surface area contributed by atoms with E-state index in [0.717, 1.165) is 16.4 Å². The second kappa shape index (κ2) is 6.39. The predicted octanol–water partition coefficient (Wildman–Crippen LogP) is 1.28. The molecular formula is C15H18F3N3O4S. The highest BCUT2D eigenvalue weighted by Crippen LogP contribution is 2.36. The van der Waals surface area contributed by atoms with Gasteiger partial charge in [-0.05, 0) is 37.1 Å². The summed E-state index contributed by atoms with van der Waals surface area (Å²) in [5.74, 6) is -1.19. The Morgan fingerprint density at radius 3 is 2.04 bits per heavy atom. The molecule has 1 aliphatic heterocycles. The molecule has 0 radical (unpaired) electrons. The van der Waals surface area contributed by atoms with Crippen molar-refractivity contribution >= 4 is 21.9 Å². The predicted molar refractivity (Wildman–Crippen MR) is 86.9 cm³/mol. The van der Waals surface area contributed by atoms with Gasteiger partial charge in [-0.3, -0.25) is 4.79 Å². The van der Waals surface area contributed by atoms with Gasteiger partial charge in [-0.1, -0.05) is 0 Å². The van der Waals surface area contributed by atoms with Crippen LogP contribution < -0.4 is 9.62 Å². The molecule has 0 spiro atoms. The maximum absolute atomic E-state index is 12.6. The minimum atomic E-state index is -4.40. The molecule has 1 aromatic carbocycles. The van der Waals surface area contributed by atoms with Crippen LogP contribution in [0.15, 0.2) is 24.3 Å². The standard InChI is InChI=1S/C15H18F3N3O4S/c16-15(17,18)11-1-3-12(4-2-11)20-7-9-21(10-8-20)26(24,25)19-14(5-6-14)13(22)23/h1-4,19H,5-10H2,(H,22,23). The van der Waals surface area contributed by atoms with Crippen LogP contribution in [-0.2, 0) is 21.2 Å². The van der Waals surface area contributed by atoms with Gasteiger partial charge >= 0.3 is 12.1 Å². The number of nitrogens with zero attached hydrogens (tertiary/aromatic N) is 2. The number of benzene rings is 1.